The predicted molar refractivity (Wildman–Crippen MR) is 79.5 cm³/mol. The Bertz CT molecular complexity index is 471. The highest BCUT2D eigenvalue weighted by atomic mass is 16.5. The van der Waals surface area contributed by atoms with Gasteiger partial charge in [-0.15, -0.1) is 0 Å². The monoisotopic (exact) mass is 292 g/mol. The van der Waals surface area contributed by atoms with E-state index in [1.165, 1.54) is 6.08 Å². The van der Waals surface area contributed by atoms with Crippen LogP contribution in [-0.2, 0) is 4.74 Å². The van der Waals surface area contributed by atoms with Gasteiger partial charge in [0.1, 0.15) is 12.4 Å². The zero-order valence-electron chi connectivity index (χ0n) is 12.1. The zero-order chi connectivity index (χ0) is 15.5. The van der Waals surface area contributed by atoms with Crippen LogP contribution in [0.25, 0.3) is 0 Å². The van der Waals surface area contributed by atoms with Gasteiger partial charge in [0, 0.05) is 18.7 Å². The third-order valence-corrected chi connectivity index (χ3v) is 2.44. The lowest BCUT2D eigenvalue weighted by atomic mass is 10.2. The van der Waals surface area contributed by atoms with Gasteiger partial charge in [-0.05, 0) is 31.2 Å². The first kappa shape index (κ1) is 16.6. The second-order valence-electron chi connectivity index (χ2n) is 4.03. The number of ether oxygens (including phenoxy) is 2. The van der Waals surface area contributed by atoms with Crippen LogP contribution in [0.3, 0.4) is 0 Å². The highest BCUT2D eigenvalue weighted by Crippen LogP contribution is 2.11. The van der Waals surface area contributed by atoms with Crippen molar-refractivity contribution < 1.29 is 19.1 Å². The maximum Gasteiger partial charge on any atom is 0.407 e. The van der Waals surface area contributed by atoms with Crippen molar-refractivity contribution in [3.05, 3.63) is 42.5 Å². The summed E-state index contributed by atoms with van der Waals surface area (Å²) in [4.78, 5) is 22.9. The summed E-state index contributed by atoms with van der Waals surface area (Å²) in [6.07, 6.45) is 0.943. The number of hydrogen-bond donors (Lipinski definition) is 2. The van der Waals surface area contributed by atoms with Crippen LogP contribution in [0.15, 0.2) is 36.9 Å². The number of carbonyl (C=O) groups excluding carboxylic acids is 2. The van der Waals surface area contributed by atoms with Gasteiger partial charge in [0.25, 0.3) is 5.91 Å². The molecule has 114 valence electrons. The first-order valence-electron chi connectivity index (χ1n) is 6.70. The Morgan fingerprint density at radius 1 is 1.19 bits per heavy atom. The molecule has 21 heavy (non-hydrogen) atoms. The minimum atomic E-state index is -0.537. The molecule has 6 heteroatoms. The van der Waals surface area contributed by atoms with Crippen molar-refractivity contribution in [1.29, 1.82) is 0 Å². The molecule has 0 aliphatic carbocycles. The fourth-order valence-electron chi connectivity index (χ4n) is 1.50. The van der Waals surface area contributed by atoms with E-state index in [4.69, 9.17) is 9.47 Å². The van der Waals surface area contributed by atoms with Crippen LogP contribution in [0, 0.1) is 0 Å². The van der Waals surface area contributed by atoms with Gasteiger partial charge >= 0.3 is 6.09 Å². The molecule has 0 heterocycles. The molecule has 0 spiro atoms. The van der Waals surface area contributed by atoms with Crippen LogP contribution in [-0.4, -0.2) is 38.3 Å². The lowest BCUT2D eigenvalue weighted by molar-refractivity contribution is 0.0952. The van der Waals surface area contributed by atoms with Gasteiger partial charge in [-0.3, -0.25) is 4.79 Å². The van der Waals surface area contributed by atoms with E-state index in [0.717, 1.165) is 5.75 Å². The highest BCUT2D eigenvalue weighted by Gasteiger charge is 2.05. The van der Waals surface area contributed by atoms with Crippen LogP contribution in [0.4, 0.5) is 4.79 Å². The van der Waals surface area contributed by atoms with E-state index in [0.29, 0.717) is 25.3 Å². The maximum atomic E-state index is 11.8. The van der Waals surface area contributed by atoms with E-state index < -0.39 is 6.09 Å². The van der Waals surface area contributed by atoms with Gasteiger partial charge < -0.3 is 20.1 Å². The number of rotatable bonds is 8. The molecule has 0 atom stereocenters. The Labute approximate surface area is 124 Å². The number of hydrogen-bond acceptors (Lipinski definition) is 4. The van der Waals surface area contributed by atoms with Crippen molar-refractivity contribution in [1.82, 2.24) is 10.6 Å². The quantitative estimate of drug-likeness (QED) is 0.565. The molecule has 0 radical (unpaired) electrons. The van der Waals surface area contributed by atoms with E-state index in [9.17, 15) is 9.59 Å². The van der Waals surface area contributed by atoms with E-state index in [2.05, 4.69) is 17.2 Å². The van der Waals surface area contributed by atoms with Gasteiger partial charge in [0.05, 0.1) is 6.61 Å². The molecule has 0 aliphatic heterocycles. The predicted octanol–water partition coefficient (Wildman–Crippen LogP) is 1.73. The first-order valence-corrected chi connectivity index (χ1v) is 6.70. The summed E-state index contributed by atoms with van der Waals surface area (Å²) >= 11 is 0. The van der Waals surface area contributed by atoms with E-state index >= 15 is 0 Å². The molecule has 0 saturated carbocycles. The van der Waals surface area contributed by atoms with Crippen molar-refractivity contribution in [2.45, 2.75) is 6.92 Å². The number of alkyl carbamates (subject to hydrolysis) is 1. The highest BCUT2D eigenvalue weighted by molar-refractivity contribution is 5.94. The molecule has 0 bridgehead atoms. The van der Waals surface area contributed by atoms with Gasteiger partial charge in [0.15, 0.2) is 0 Å². The molecule has 0 aliphatic rings. The molecule has 2 amide bonds. The van der Waals surface area contributed by atoms with Gasteiger partial charge in [-0.1, -0.05) is 12.7 Å². The summed E-state index contributed by atoms with van der Waals surface area (Å²) in [5.41, 5.74) is 0.535. The molecule has 0 saturated heterocycles. The Hall–Kier alpha value is -2.50. The number of nitrogens with one attached hydrogen (secondary N) is 2. The standard InChI is InChI=1S/C15H20N2O4/c1-3-11-21-15(19)17-10-9-16-14(18)12-5-7-13(8-6-12)20-4-2/h3,5-8H,1,4,9-11H2,2H3,(H,16,18)(H,17,19). The Morgan fingerprint density at radius 2 is 1.86 bits per heavy atom. The Kier molecular flexibility index (Phi) is 7.42. The van der Waals surface area contributed by atoms with Crippen molar-refractivity contribution in [2.75, 3.05) is 26.3 Å². The summed E-state index contributed by atoms with van der Waals surface area (Å²) in [7, 11) is 0. The number of benzene rings is 1. The van der Waals surface area contributed by atoms with Crippen LogP contribution < -0.4 is 15.4 Å². The van der Waals surface area contributed by atoms with Gasteiger partial charge in [-0.2, -0.15) is 0 Å². The smallest absolute Gasteiger partial charge is 0.407 e. The third kappa shape index (κ3) is 6.47. The third-order valence-electron chi connectivity index (χ3n) is 2.44. The molecule has 0 unspecified atom stereocenters. The fourth-order valence-corrected chi connectivity index (χ4v) is 1.50. The fraction of sp³-hybridized carbons (Fsp3) is 0.333. The molecular formula is C15H20N2O4. The minimum Gasteiger partial charge on any atom is -0.494 e. The molecule has 0 aromatic heterocycles. The van der Waals surface area contributed by atoms with E-state index in [1.54, 1.807) is 24.3 Å². The lowest BCUT2D eigenvalue weighted by Crippen LogP contribution is -2.35. The Morgan fingerprint density at radius 3 is 2.48 bits per heavy atom. The second kappa shape index (κ2) is 9.41. The van der Waals surface area contributed by atoms with Gasteiger partial charge in [0.2, 0.25) is 0 Å². The molecular weight excluding hydrogens is 272 g/mol. The van der Waals surface area contributed by atoms with Crippen molar-refractivity contribution in [2.24, 2.45) is 0 Å². The van der Waals surface area contributed by atoms with E-state index in [1.807, 2.05) is 6.92 Å². The summed E-state index contributed by atoms with van der Waals surface area (Å²) in [6, 6.07) is 6.85. The maximum absolute atomic E-state index is 11.8. The topological polar surface area (TPSA) is 76.7 Å². The van der Waals surface area contributed by atoms with Crippen molar-refractivity contribution >= 4 is 12.0 Å². The number of amides is 2. The summed E-state index contributed by atoms with van der Waals surface area (Å²) < 4.78 is 10.0. The van der Waals surface area contributed by atoms with Crippen molar-refractivity contribution in [3.63, 3.8) is 0 Å². The Balaban J connectivity index is 2.27. The number of carbonyl (C=O) groups is 2. The average Bonchev–Trinajstić information content (AvgIpc) is 2.50. The molecule has 1 aromatic carbocycles. The molecule has 2 N–H and O–H groups in total. The van der Waals surface area contributed by atoms with Gasteiger partial charge in [-0.25, -0.2) is 4.79 Å². The second-order valence-corrected chi connectivity index (χ2v) is 4.03. The zero-order valence-corrected chi connectivity index (χ0v) is 12.1. The van der Waals surface area contributed by atoms with Crippen molar-refractivity contribution in [3.8, 4) is 5.75 Å². The molecule has 6 nitrogen and oxygen atoms in total. The van der Waals surface area contributed by atoms with Crippen LogP contribution in [0.2, 0.25) is 0 Å². The summed E-state index contributed by atoms with van der Waals surface area (Å²) in [5.74, 6) is 0.514. The normalized spacial score (nSPS) is 9.57. The van der Waals surface area contributed by atoms with Crippen LogP contribution >= 0.6 is 0 Å². The summed E-state index contributed by atoms with van der Waals surface area (Å²) in [5, 5.41) is 5.20. The first-order chi connectivity index (χ1) is 10.2. The SMILES string of the molecule is C=CCOC(=O)NCCNC(=O)c1ccc(OCC)cc1. The van der Waals surface area contributed by atoms with Crippen LogP contribution in [0.1, 0.15) is 17.3 Å². The van der Waals surface area contributed by atoms with E-state index in [-0.39, 0.29) is 12.5 Å². The summed E-state index contributed by atoms with van der Waals surface area (Å²) in [6.45, 7) is 6.67. The minimum absolute atomic E-state index is 0.157. The lowest BCUT2D eigenvalue weighted by Gasteiger charge is -2.08. The van der Waals surface area contributed by atoms with Crippen LogP contribution in [0.5, 0.6) is 5.75 Å². The molecule has 0 fully saturated rings. The molecule has 1 aromatic rings. The largest absolute Gasteiger partial charge is 0.494 e. The molecule has 1 rings (SSSR count). The average molecular weight is 292 g/mol.